The Kier molecular flexibility index (Phi) is 27.3. The lowest BCUT2D eigenvalue weighted by Crippen LogP contribution is -2.63. The van der Waals surface area contributed by atoms with E-state index in [0.29, 0.717) is 19.3 Å². The van der Waals surface area contributed by atoms with Crippen molar-refractivity contribution in [3.8, 4) is 0 Å². The molecule has 0 aliphatic carbocycles. The first-order chi connectivity index (χ1) is 32.7. The summed E-state index contributed by atoms with van der Waals surface area (Å²) in [6, 6.07) is -11.8. The number of likely N-dealkylation sites (tertiary alicyclic amines) is 1. The monoisotopic (exact) mass is 1020 g/mol. The molecule has 0 saturated carbocycles. The average Bonchev–Trinajstić information content (AvgIpc) is 3.79. The molecule has 70 heavy (non-hydrogen) atoms. The zero-order chi connectivity index (χ0) is 53.6. The maximum Gasteiger partial charge on any atom is 0.326 e. The van der Waals surface area contributed by atoms with Crippen molar-refractivity contribution < 1.29 is 63.3 Å². The zero-order valence-electron chi connectivity index (χ0n) is 41.3. The van der Waals surface area contributed by atoms with Crippen LogP contribution in [0.3, 0.4) is 0 Å². The first-order valence-electron chi connectivity index (χ1n) is 23.3. The van der Waals surface area contributed by atoms with E-state index in [9.17, 15) is 63.3 Å². The molecule has 1 rings (SSSR count). The summed E-state index contributed by atoms with van der Waals surface area (Å²) in [6.07, 6.45) is -0.121. The fourth-order valence-electron chi connectivity index (χ4n) is 7.15. The number of carboxylic acids is 1. The predicted octanol–water partition coefficient (Wildman–Crippen LogP) is -4.98. The molecule has 0 aromatic carbocycles. The van der Waals surface area contributed by atoms with E-state index < -0.39 is 145 Å². The average molecular weight is 1020 g/mol. The SMILES string of the molecule is CC[C@H](C)[C@H](NC(=O)[C@H](CO)NC(=O)[C@@H]1CCCN1C(=O)[C@H](C)NC(=O)CNC(=O)[C@@H](N)CC(C)C)C(=O)N[C@H](C(=O)N[C@@H](CS)C(=O)N[C@H](C(=O)N[C@@H](CCCN=C(N)N)C(=O)O)C(C)C)[C@@H](C)O. The molecule has 0 bridgehead atoms. The predicted molar refractivity (Wildman–Crippen MR) is 259 cm³/mol. The van der Waals surface area contributed by atoms with Gasteiger partial charge in [-0.2, -0.15) is 12.6 Å². The minimum atomic E-state index is -1.72. The lowest BCUT2D eigenvalue weighted by molar-refractivity contribution is -0.143. The Balaban J connectivity index is 3.06. The van der Waals surface area contributed by atoms with Gasteiger partial charge < -0.3 is 80.0 Å². The summed E-state index contributed by atoms with van der Waals surface area (Å²) in [5.74, 6) is -10.3. The molecule has 26 nitrogen and oxygen atoms in total. The van der Waals surface area contributed by atoms with Gasteiger partial charge in [0.25, 0.3) is 0 Å². The Labute approximate surface area is 413 Å². The van der Waals surface area contributed by atoms with Crippen molar-refractivity contribution in [1.82, 2.24) is 47.4 Å². The van der Waals surface area contributed by atoms with Gasteiger partial charge in [0.15, 0.2) is 5.96 Å². The molecule has 1 aliphatic rings. The minimum absolute atomic E-state index is 0.0351. The summed E-state index contributed by atoms with van der Waals surface area (Å²) < 4.78 is 0. The normalized spacial score (nSPS) is 17.7. The van der Waals surface area contributed by atoms with E-state index >= 15 is 0 Å². The van der Waals surface area contributed by atoms with Crippen molar-refractivity contribution in [1.29, 1.82) is 0 Å². The molecular formula is C43H77N13O13S. The highest BCUT2D eigenvalue weighted by Crippen LogP contribution is 2.19. The molecule has 1 aliphatic heterocycles. The van der Waals surface area contributed by atoms with E-state index in [0.717, 1.165) is 0 Å². The summed E-state index contributed by atoms with van der Waals surface area (Å²) in [4.78, 5) is 136. The lowest BCUT2D eigenvalue weighted by Gasteiger charge is -2.30. The van der Waals surface area contributed by atoms with E-state index in [1.54, 1.807) is 27.7 Å². The maximum atomic E-state index is 13.8. The highest BCUT2D eigenvalue weighted by atomic mass is 32.1. The number of guanidine groups is 1. The standard InChI is InChI=1S/C43H77N13O13S/c1-9-22(6)32(54-35(61)27(18-57)51-37(63)29-13-11-15-56(29)41(67)23(7)49-30(59)17-48-34(60)25(44)16-20(2)3)39(65)55-33(24(8)58)40(66)52-28(19-70)36(62)53-31(21(4)5)38(64)50-26(42(68)69)12-10-14-47-43(45)46/h20-29,31-33,57-58,70H,9-19,44H2,1-8H3,(H,48,60)(H,49,59)(H,50,64)(H,51,63)(H,52,66)(H,53,62)(H,54,61)(H,55,65)(H,68,69)(H4,45,46,47)/t22-,23-,24+,25-,26-,27-,28-,29-,31-,32-,33-/m0/s1. The Morgan fingerprint density at radius 1 is 0.743 bits per heavy atom. The van der Waals surface area contributed by atoms with Crippen LogP contribution in [0.25, 0.3) is 0 Å². The van der Waals surface area contributed by atoms with Crippen LogP contribution >= 0.6 is 12.6 Å². The number of aliphatic imine (C=N–C) groups is 1. The number of hydrogen-bond donors (Lipinski definition) is 15. The van der Waals surface area contributed by atoms with Crippen molar-refractivity contribution in [3.05, 3.63) is 0 Å². The van der Waals surface area contributed by atoms with Crippen LogP contribution in [0, 0.1) is 17.8 Å². The fourth-order valence-corrected chi connectivity index (χ4v) is 7.41. The van der Waals surface area contributed by atoms with Gasteiger partial charge in [-0.3, -0.25) is 48.1 Å². The topological polar surface area (TPSA) is 421 Å². The van der Waals surface area contributed by atoms with Crippen LogP contribution < -0.4 is 59.7 Å². The third kappa shape index (κ3) is 20.7. The molecule has 17 N–H and O–H groups in total. The van der Waals surface area contributed by atoms with Crippen molar-refractivity contribution in [2.24, 2.45) is 39.9 Å². The van der Waals surface area contributed by atoms with Crippen molar-refractivity contribution >= 4 is 77.7 Å². The molecule has 398 valence electrons. The van der Waals surface area contributed by atoms with Crippen LogP contribution in [0.2, 0.25) is 0 Å². The second-order valence-electron chi connectivity index (χ2n) is 18.1. The van der Waals surface area contributed by atoms with Crippen LogP contribution in [0.1, 0.15) is 93.9 Å². The van der Waals surface area contributed by atoms with E-state index in [-0.39, 0.29) is 50.0 Å². The highest BCUT2D eigenvalue weighted by Gasteiger charge is 2.40. The third-order valence-electron chi connectivity index (χ3n) is 11.4. The molecule has 9 amide bonds. The van der Waals surface area contributed by atoms with Crippen LogP contribution in [-0.2, 0) is 47.9 Å². The van der Waals surface area contributed by atoms with Crippen molar-refractivity contribution in [2.45, 2.75) is 154 Å². The number of nitrogens with one attached hydrogen (secondary N) is 8. The Morgan fingerprint density at radius 3 is 1.83 bits per heavy atom. The van der Waals surface area contributed by atoms with Gasteiger partial charge in [0.1, 0.15) is 48.3 Å². The summed E-state index contributed by atoms with van der Waals surface area (Å²) >= 11 is 4.16. The number of nitrogens with zero attached hydrogens (tertiary/aromatic N) is 2. The Hall–Kier alpha value is -5.80. The molecule has 0 radical (unpaired) electrons. The van der Waals surface area contributed by atoms with E-state index in [1.165, 1.54) is 18.7 Å². The van der Waals surface area contributed by atoms with Gasteiger partial charge in [0.2, 0.25) is 53.2 Å². The molecule has 1 heterocycles. The van der Waals surface area contributed by atoms with Gasteiger partial charge in [0, 0.05) is 18.8 Å². The molecule has 0 aromatic heterocycles. The molecule has 0 spiro atoms. The summed E-state index contributed by atoms with van der Waals surface area (Å²) in [6.45, 7) is 11.7. The molecule has 27 heteroatoms. The number of carbonyl (C=O) groups excluding carboxylic acids is 9. The van der Waals surface area contributed by atoms with Crippen LogP contribution in [0.15, 0.2) is 4.99 Å². The number of aliphatic carboxylic acids is 1. The minimum Gasteiger partial charge on any atom is -0.480 e. The van der Waals surface area contributed by atoms with Gasteiger partial charge in [0.05, 0.1) is 25.3 Å². The number of rotatable bonds is 30. The Bertz CT molecular complexity index is 1850. The van der Waals surface area contributed by atoms with Gasteiger partial charge in [-0.25, -0.2) is 4.79 Å². The first-order valence-corrected chi connectivity index (χ1v) is 24.0. The van der Waals surface area contributed by atoms with Crippen LogP contribution in [0.4, 0.5) is 0 Å². The van der Waals surface area contributed by atoms with Gasteiger partial charge in [-0.05, 0) is 63.7 Å². The molecular weight excluding hydrogens is 939 g/mol. The number of thiol groups is 1. The maximum absolute atomic E-state index is 13.8. The number of aliphatic hydroxyl groups excluding tert-OH is 2. The smallest absolute Gasteiger partial charge is 0.326 e. The first kappa shape index (κ1) is 62.2. The number of carboxylic acid groups (broad SMARTS) is 1. The molecule has 0 unspecified atom stereocenters. The molecule has 1 fully saturated rings. The van der Waals surface area contributed by atoms with Gasteiger partial charge in [-0.1, -0.05) is 48.0 Å². The second kappa shape index (κ2) is 30.7. The van der Waals surface area contributed by atoms with Crippen molar-refractivity contribution in [2.75, 3.05) is 32.0 Å². The largest absolute Gasteiger partial charge is 0.480 e. The Morgan fingerprint density at radius 2 is 1.30 bits per heavy atom. The van der Waals surface area contributed by atoms with E-state index in [2.05, 4.69) is 60.2 Å². The molecule has 1 saturated heterocycles. The third-order valence-corrected chi connectivity index (χ3v) is 11.7. The zero-order valence-corrected chi connectivity index (χ0v) is 42.2. The number of hydrogen-bond acceptors (Lipinski definition) is 15. The molecule has 11 atom stereocenters. The summed E-state index contributed by atoms with van der Waals surface area (Å²) in [5, 5.41) is 50.0. The van der Waals surface area contributed by atoms with E-state index in [4.69, 9.17) is 17.2 Å². The van der Waals surface area contributed by atoms with Crippen molar-refractivity contribution in [3.63, 3.8) is 0 Å². The summed E-state index contributed by atoms with van der Waals surface area (Å²) in [5.41, 5.74) is 16.4. The van der Waals surface area contributed by atoms with Crippen LogP contribution in [0.5, 0.6) is 0 Å². The number of aliphatic hydroxyl groups is 2. The fraction of sp³-hybridized carbons (Fsp3) is 0.744. The lowest BCUT2D eigenvalue weighted by atomic mass is 9.97. The molecule has 0 aromatic rings. The second-order valence-corrected chi connectivity index (χ2v) is 18.5. The summed E-state index contributed by atoms with van der Waals surface area (Å²) in [7, 11) is 0. The van der Waals surface area contributed by atoms with Gasteiger partial charge in [-0.15, -0.1) is 0 Å². The number of carbonyl (C=O) groups is 10. The highest BCUT2D eigenvalue weighted by molar-refractivity contribution is 7.80. The number of nitrogens with two attached hydrogens (primary N) is 3. The van der Waals surface area contributed by atoms with Gasteiger partial charge >= 0.3 is 5.97 Å². The van der Waals surface area contributed by atoms with E-state index in [1.807, 2.05) is 13.8 Å². The van der Waals surface area contributed by atoms with Crippen LogP contribution in [-0.4, -0.2) is 178 Å². The number of amides is 9. The quantitative estimate of drug-likeness (QED) is 0.0139.